The Morgan fingerprint density at radius 2 is 2.12 bits per heavy atom. The second-order valence-electron chi connectivity index (χ2n) is 5.67. The highest BCUT2D eigenvalue weighted by atomic mass is 19.1. The number of methoxy groups -OCH3 is 1. The van der Waals surface area contributed by atoms with E-state index >= 15 is 0 Å². The lowest BCUT2D eigenvalue weighted by Gasteiger charge is -2.24. The van der Waals surface area contributed by atoms with Gasteiger partial charge in [-0.3, -0.25) is 4.68 Å². The van der Waals surface area contributed by atoms with Gasteiger partial charge in [0.25, 0.3) is 0 Å². The van der Waals surface area contributed by atoms with Crippen molar-refractivity contribution in [1.82, 2.24) is 20.4 Å². The zero-order valence-electron chi connectivity index (χ0n) is 14.3. The van der Waals surface area contributed by atoms with Crippen molar-refractivity contribution in [3.8, 4) is 0 Å². The first-order chi connectivity index (χ1) is 11.4. The molecular formula is C17H23FN4O2. The van der Waals surface area contributed by atoms with Gasteiger partial charge in [-0.2, -0.15) is 5.10 Å². The Balaban J connectivity index is 1.95. The molecule has 2 N–H and O–H groups in total. The Kier molecular flexibility index (Phi) is 5.92. The molecular weight excluding hydrogens is 311 g/mol. The quantitative estimate of drug-likeness (QED) is 0.852. The number of amides is 2. The van der Waals surface area contributed by atoms with Crippen LogP contribution < -0.4 is 10.6 Å². The van der Waals surface area contributed by atoms with Crippen LogP contribution in [0.4, 0.5) is 9.18 Å². The maximum atomic E-state index is 13.9. The number of nitrogens with one attached hydrogen (secondary N) is 2. The van der Waals surface area contributed by atoms with Crippen LogP contribution in [-0.2, 0) is 18.3 Å². The summed E-state index contributed by atoms with van der Waals surface area (Å²) in [7, 11) is 3.34. The third kappa shape index (κ3) is 4.11. The van der Waals surface area contributed by atoms with Gasteiger partial charge < -0.3 is 15.4 Å². The molecule has 2 amide bonds. The zero-order chi connectivity index (χ0) is 17.7. The average Bonchev–Trinajstić information content (AvgIpc) is 2.87. The van der Waals surface area contributed by atoms with E-state index in [-0.39, 0.29) is 11.8 Å². The number of carbonyl (C=O) groups is 1. The highest BCUT2D eigenvalue weighted by Gasteiger charge is 2.23. The summed E-state index contributed by atoms with van der Waals surface area (Å²) in [5, 5.41) is 9.69. The Labute approximate surface area is 141 Å². The van der Waals surface area contributed by atoms with Crippen LogP contribution in [0.3, 0.4) is 0 Å². The van der Waals surface area contributed by atoms with E-state index in [1.165, 1.54) is 13.2 Å². The summed E-state index contributed by atoms with van der Waals surface area (Å²) < 4.78 is 21.0. The molecule has 0 aliphatic rings. The van der Waals surface area contributed by atoms with Gasteiger partial charge in [0.15, 0.2) is 0 Å². The zero-order valence-corrected chi connectivity index (χ0v) is 14.3. The van der Waals surface area contributed by atoms with Gasteiger partial charge in [0.05, 0.1) is 12.2 Å². The molecule has 0 saturated carbocycles. The molecule has 1 heterocycles. The van der Waals surface area contributed by atoms with Gasteiger partial charge in [-0.1, -0.05) is 18.2 Å². The molecule has 0 saturated heterocycles. The molecule has 0 radical (unpaired) electrons. The van der Waals surface area contributed by atoms with Crippen LogP contribution in [0, 0.1) is 12.7 Å². The molecule has 0 bridgehead atoms. The molecule has 2 atom stereocenters. The molecule has 0 aliphatic heterocycles. The first-order valence-corrected chi connectivity index (χ1v) is 7.73. The maximum absolute atomic E-state index is 13.9. The highest BCUT2D eigenvalue weighted by molar-refractivity contribution is 5.74. The van der Waals surface area contributed by atoms with Crippen LogP contribution in [0.2, 0.25) is 0 Å². The first-order valence-electron chi connectivity index (χ1n) is 7.73. The van der Waals surface area contributed by atoms with E-state index < -0.39 is 12.1 Å². The number of halogens is 1. The fraction of sp³-hybridized carbons (Fsp3) is 0.412. The van der Waals surface area contributed by atoms with Crippen LogP contribution >= 0.6 is 0 Å². The van der Waals surface area contributed by atoms with E-state index in [2.05, 4.69) is 15.7 Å². The van der Waals surface area contributed by atoms with Crippen LogP contribution in [0.1, 0.15) is 29.8 Å². The van der Waals surface area contributed by atoms with Crippen LogP contribution in [0.5, 0.6) is 0 Å². The molecule has 2 rings (SSSR count). The number of carbonyl (C=O) groups excluding carboxylic acids is 1. The van der Waals surface area contributed by atoms with Crippen molar-refractivity contribution in [2.45, 2.75) is 32.5 Å². The molecule has 0 aliphatic carbocycles. The maximum Gasteiger partial charge on any atom is 0.315 e. The highest BCUT2D eigenvalue weighted by Crippen LogP contribution is 2.23. The predicted molar refractivity (Wildman–Crippen MR) is 88.9 cm³/mol. The Hall–Kier alpha value is -2.41. The Bertz CT molecular complexity index is 702. The lowest BCUT2D eigenvalue weighted by atomic mass is 10.0. The summed E-state index contributed by atoms with van der Waals surface area (Å²) in [4.78, 5) is 12.1. The van der Waals surface area contributed by atoms with E-state index in [1.807, 2.05) is 14.0 Å². The second-order valence-corrected chi connectivity index (χ2v) is 5.67. The minimum absolute atomic E-state index is 0.343. The number of hydrogen-bond donors (Lipinski definition) is 2. The smallest absolute Gasteiger partial charge is 0.315 e. The largest absolute Gasteiger partial charge is 0.375 e. The van der Waals surface area contributed by atoms with Crippen molar-refractivity contribution in [2.24, 2.45) is 7.05 Å². The lowest BCUT2D eigenvalue weighted by molar-refractivity contribution is 0.0733. The standard InChI is InChI=1S/C17H23FN4O2/c1-11(16(24-4)14-7-5-6-8-15(14)18)21-17(23)19-9-13-10-20-22(3)12(13)2/h5-8,10-11,16H,9H2,1-4H3,(H2,19,21,23)/t11-,16+/m0/s1. The normalized spacial score (nSPS) is 13.4. The molecule has 1 aromatic heterocycles. The SMILES string of the molecule is CO[C@@H](c1ccccc1F)[C@H](C)NC(=O)NCc1cnn(C)c1C. The van der Waals surface area contributed by atoms with Gasteiger partial charge in [0.2, 0.25) is 0 Å². The summed E-state index contributed by atoms with van der Waals surface area (Å²) >= 11 is 0. The van der Waals surface area contributed by atoms with E-state index in [1.54, 1.807) is 36.0 Å². The van der Waals surface area contributed by atoms with Gasteiger partial charge in [-0.25, -0.2) is 9.18 Å². The fourth-order valence-electron chi connectivity index (χ4n) is 2.53. The third-order valence-electron chi connectivity index (χ3n) is 4.05. The molecule has 2 aromatic rings. The average molecular weight is 334 g/mol. The Morgan fingerprint density at radius 1 is 1.42 bits per heavy atom. The number of ether oxygens (including phenoxy) is 1. The van der Waals surface area contributed by atoms with Crippen molar-refractivity contribution >= 4 is 6.03 Å². The molecule has 0 unspecified atom stereocenters. The minimum Gasteiger partial charge on any atom is -0.375 e. The van der Waals surface area contributed by atoms with Crippen LogP contribution in [0.15, 0.2) is 30.5 Å². The first kappa shape index (κ1) is 17.9. The number of nitrogens with zero attached hydrogens (tertiary/aromatic N) is 2. The van der Waals surface area contributed by atoms with Crippen LogP contribution in [-0.4, -0.2) is 29.0 Å². The van der Waals surface area contributed by atoms with E-state index in [0.29, 0.717) is 12.1 Å². The summed E-state index contributed by atoms with van der Waals surface area (Å²) in [5.74, 6) is -0.357. The number of aryl methyl sites for hydroxylation is 1. The molecule has 0 fully saturated rings. The van der Waals surface area contributed by atoms with E-state index in [0.717, 1.165) is 11.3 Å². The summed E-state index contributed by atoms with van der Waals surface area (Å²) in [6, 6.07) is 5.64. The number of benzene rings is 1. The molecule has 1 aromatic carbocycles. The second kappa shape index (κ2) is 7.92. The molecule has 130 valence electrons. The number of urea groups is 1. The monoisotopic (exact) mass is 334 g/mol. The molecule has 6 nitrogen and oxygen atoms in total. The van der Waals surface area contributed by atoms with Gasteiger partial charge >= 0.3 is 6.03 Å². The van der Waals surface area contributed by atoms with E-state index in [9.17, 15) is 9.18 Å². The van der Waals surface area contributed by atoms with Gasteiger partial charge in [-0.05, 0) is 19.9 Å². The third-order valence-corrected chi connectivity index (χ3v) is 4.05. The van der Waals surface area contributed by atoms with Gasteiger partial charge in [0, 0.05) is 37.5 Å². The van der Waals surface area contributed by atoms with Crippen molar-refractivity contribution < 1.29 is 13.9 Å². The van der Waals surface area contributed by atoms with Crippen molar-refractivity contribution in [2.75, 3.05) is 7.11 Å². The number of hydrogen-bond acceptors (Lipinski definition) is 3. The summed E-state index contributed by atoms with van der Waals surface area (Å²) in [6.07, 6.45) is 1.15. The van der Waals surface area contributed by atoms with E-state index in [4.69, 9.17) is 4.74 Å². The van der Waals surface area contributed by atoms with Crippen molar-refractivity contribution in [1.29, 1.82) is 0 Å². The lowest BCUT2D eigenvalue weighted by Crippen LogP contribution is -2.43. The van der Waals surface area contributed by atoms with Gasteiger partial charge in [-0.15, -0.1) is 0 Å². The fourth-order valence-corrected chi connectivity index (χ4v) is 2.53. The molecule has 0 spiro atoms. The van der Waals surface area contributed by atoms with Crippen molar-refractivity contribution in [3.63, 3.8) is 0 Å². The number of aromatic nitrogens is 2. The van der Waals surface area contributed by atoms with Gasteiger partial charge in [0.1, 0.15) is 11.9 Å². The predicted octanol–water partition coefficient (Wildman–Crippen LogP) is 2.44. The number of rotatable bonds is 6. The van der Waals surface area contributed by atoms with Crippen LogP contribution in [0.25, 0.3) is 0 Å². The minimum atomic E-state index is -0.572. The Morgan fingerprint density at radius 3 is 2.71 bits per heavy atom. The molecule has 24 heavy (non-hydrogen) atoms. The summed E-state index contributed by atoms with van der Waals surface area (Å²) in [5.41, 5.74) is 2.35. The van der Waals surface area contributed by atoms with Crippen molar-refractivity contribution in [3.05, 3.63) is 53.1 Å². The molecule has 7 heteroatoms. The summed E-state index contributed by atoms with van der Waals surface area (Å²) in [6.45, 7) is 4.08. The topological polar surface area (TPSA) is 68.2 Å².